The lowest BCUT2D eigenvalue weighted by molar-refractivity contribution is 0.601. The van der Waals surface area contributed by atoms with Crippen molar-refractivity contribution in [1.82, 2.24) is 24.1 Å². The number of hydrogen-bond donors (Lipinski definition) is 1. The van der Waals surface area contributed by atoms with Gasteiger partial charge in [-0.1, -0.05) is 18.2 Å². The van der Waals surface area contributed by atoms with Gasteiger partial charge >= 0.3 is 0 Å². The van der Waals surface area contributed by atoms with E-state index < -0.39 is 10.0 Å². The molecule has 0 aliphatic rings. The van der Waals surface area contributed by atoms with Gasteiger partial charge in [0.05, 0.1) is 21.5 Å². The number of pyridine rings is 1. The van der Waals surface area contributed by atoms with Crippen molar-refractivity contribution in [3.05, 3.63) is 89.6 Å². The molecule has 0 amide bonds. The third-order valence-corrected chi connectivity index (χ3v) is 6.01. The van der Waals surface area contributed by atoms with Crippen molar-refractivity contribution in [2.24, 2.45) is 0 Å². The monoisotopic (exact) mass is 418 g/mol. The van der Waals surface area contributed by atoms with Gasteiger partial charge in [-0.05, 0) is 48.5 Å². The summed E-state index contributed by atoms with van der Waals surface area (Å²) in [5, 5.41) is 8.49. The molecule has 2 aromatic carbocycles. The highest BCUT2D eigenvalue weighted by Gasteiger charge is 2.17. The van der Waals surface area contributed by atoms with E-state index in [-0.39, 0.29) is 16.3 Å². The molecule has 0 fully saturated rings. The van der Waals surface area contributed by atoms with E-state index in [2.05, 4.69) is 19.9 Å². The molecule has 5 aromatic rings. The Labute approximate surface area is 170 Å². The molecule has 3 heterocycles. The van der Waals surface area contributed by atoms with Crippen LogP contribution in [0.15, 0.2) is 88.9 Å². The summed E-state index contributed by atoms with van der Waals surface area (Å²) in [4.78, 5) is 17.1. The molecule has 148 valence electrons. The molecule has 10 heteroatoms. The van der Waals surface area contributed by atoms with E-state index in [0.29, 0.717) is 22.4 Å². The minimum absolute atomic E-state index is 0.0447. The molecule has 0 atom stereocenters. The highest BCUT2D eigenvalue weighted by atomic mass is 32.2. The molecule has 0 aliphatic carbocycles. The van der Waals surface area contributed by atoms with E-state index in [1.165, 1.54) is 29.2 Å². The van der Waals surface area contributed by atoms with Crippen molar-refractivity contribution in [3.63, 3.8) is 0 Å². The van der Waals surface area contributed by atoms with Crippen LogP contribution in [0.5, 0.6) is 0 Å². The van der Waals surface area contributed by atoms with Crippen molar-refractivity contribution < 1.29 is 8.42 Å². The minimum Gasteiger partial charge on any atom is -0.268 e. The number of nitrogens with one attached hydrogen (secondary N) is 1. The Morgan fingerprint density at radius 3 is 2.43 bits per heavy atom. The van der Waals surface area contributed by atoms with Crippen molar-refractivity contribution in [2.75, 3.05) is 4.72 Å². The van der Waals surface area contributed by atoms with Crippen LogP contribution in [0.1, 0.15) is 0 Å². The smallest absolute Gasteiger partial charge is 0.267 e. The fraction of sp³-hybridized carbons (Fsp3) is 0. The molecule has 30 heavy (non-hydrogen) atoms. The van der Waals surface area contributed by atoms with Gasteiger partial charge in [0.15, 0.2) is 0 Å². The average molecular weight is 418 g/mol. The highest BCUT2D eigenvalue weighted by molar-refractivity contribution is 7.92. The van der Waals surface area contributed by atoms with Gasteiger partial charge in [0.2, 0.25) is 5.78 Å². The Hall–Kier alpha value is -4.05. The first-order valence-corrected chi connectivity index (χ1v) is 10.4. The maximum atomic E-state index is 13.1. The van der Waals surface area contributed by atoms with Crippen LogP contribution in [0.4, 0.5) is 5.82 Å². The van der Waals surface area contributed by atoms with Crippen LogP contribution in [-0.2, 0) is 10.0 Å². The summed E-state index contributed by atoms with van der Waals surface area (Å²) in [5.41, 5.74) is 0.895. The van der Waals surface area contributed by atoms with Gasteiger partial charge < -0.3 is 0 Å². The van der Waals surface area contributed by atoms with Crippen LogP contribution in [0.2, 0.25) is 0 Å². The summed E-state index contributed by atoms with van der Waals surface area (Å²) < 4.78 is 30.8. The zero-order valence-corrected chi connectivity index (χ0v) is 16.2. The summed E-state index contributed by atoms with van der Waals surface area (Å²) in [6, 6.07) is 18.0. The first-order valence-electron chi connectivity index (χ1n) is 8.92. The van der Waals surface area contributed by atoms with Crippen LogP contribution in [0, 0.1) is 0 Å². The molecule has 0 radical (unpaired) electrons. The highest BCUT2D eigenvalue weighted by Crippen LogP contribution is 2.19. The predicted octanol–water partition coefficient (Wildman–Crippen LogP) is 2.23. The first-order chi connectivity index (χ1) is 14.5. The largest absolute Gasteiger partial charge is 0.268 e. The second-order valence-electron chi connectivity index (χ2n) is 6.47. The molecule has 0 unspecified atom stereocenters. The van der Waals surface area contributed by atoms with E-state index in [4.69, 9.17) is 0 Å². The lowest BCUT2D eigenvalue weighted by Gasteiger charge is -2.11. The van der Waals surface area contributed by atoms with E-state index in [1.807, 2.05) is 12.1 Å². The van der Waals surface area contributed by atoms with Gasteiger partial charge in [-0.25, -0.2) is 18.0 Å². The second kappa shape index (κ2) is 6.78. The average Bonchev–Trinajstić information content (AvgIpc) is 3.24. The molecule has 0 aliphatic heterocycles. The zero-order chi connectivity index (χ0) is 20.7. The molecule has 9 nitrogen and oxygen atoms in total. The van der Waals surface area contributed by atoms with E-state index in [0.717, 1.165) is 0 Å². The number of aromatic nitrogens is 5. The van der Waals surface area contributed by atoms with E-state index in [9.17, 15) is 13.2 Å². The van der Waals surface area contributed by atoms with Crippen LogP contribution in [-0.4, -0.2) is 32.6 Å². The third-order valence-electron chi connectivity index (χ3n) is 4.64. The van der Waals surface area contributed by atoms with Crippen LogP contribution < -0.4 is 10.3 Å². The quantitative estimate of drug-likeness (QED) is 0.479. The summed E-state index contributed by atoms with van der Waals surface area (Å²) in [5.74, 6) is 0.554. The maximum absolute atomic E-state index is 13.1. The van der Waals surface area contributed by atoms with Gasteiger partial charge in [0.25, 0.3) is 15.6 Å². The van der Waals surface area contributed by atoms with Gasteiger partial charge in [-0.2, -0.15) is 0 Å². The zero-order valence-electron chi connectivity index (χ0n) is 15.4. The number of sulfonamides is 1. The van der Waals surface area contributed by atoms with Crippen molar-refractivity contribution in [2.45, 2.75) is 4.90 Å². The number of hydrogen-bond acceptors (Lipinski definition) is 6. The lowest BCUT2D eigenvalue weighted by atomic mass is 10.2. The lowest BCUT2D eigenvalue weighted by Crippen LogP contribution is -2.21. The van der Waals surface area contributed by atoms with E-state index in [1.54, 1.807) is 46.9 Å². The van der Waals surface area contributed by atoms with Gasteiger partial charge in [-0.15, -0.1) is 10.2 Å². The maximum Gasteiger partial charge on any atom is 0.267 e. The summed E-state index contributed by atoms with van der Waals surface area (Å²) >= 11 is 0. The first kappa shape index (κ1) is 18.0. The second-order valence-corrected chi connectivity index (χ2v) is 8.16. The summed E-state index contributed by atoms with van der Waals surface area (Å²) in [7, 11) is -3.82. The third kappa shape index (κ3) is 2.90. The molecular weight excluding hydrogens is 404 g/mol. The van der Waals surface area contributed by atoms with Crippen molar-refractivity contribution in [1.29, 1.82) is 0 Å². The van der Waals surface area contributed by atoms with E-state index >= 15 is 0 Å². The number of nitrogens with zero attached hydrogens (tertiary/aromatic N) is 5. The molecule has 0 bridgehead atoms. The molecule has 1 N–H and O–H groups in total. The number of benzene rings is 2. The predicted molar refractivity (Wildman–Crippen MR) is 111 cm³/mol. The SMILES string of the molecule is O=c1c2ccccc2n2cnnc2n1-c1ccc(S(=O)(=O)Nc2ccccn2)cc1. The number of anilines is 1. The summed E-state index contributed by atoms with van der Waals surface area (Å²) in [6.07, 6.45) is 3.03. The Bertz CT molecular complexity index is 1540. The van der Waals surface area contributed by atoms with Gasteiger partial charge in [0, 0.05) is 6.20 Å². The molecule has 3 aromatic heterocycles. The number of fused-ring (bicyclic) bond motifs is 3. The van der Waals surface area contributed by atoms with Gasteiger partial charge in [0.1, 0.15) is 12.1 Å². The Balaban J connectivity index is 1.61. The fourth-order valence-corrected chi connectivity index (χ4v) is 4.26. The van der Waals surface area contributed by atoms with Crippen LogP contribution >= 0.6 is 0 Å². The van der Waals surface area contributed by atoms with Crippen molar-refractivity contribution in [3.8, 4) is 5.69 Å². The van der Waals surface area contributed by atoms with Crippen molar-refractivity contribution >= 4 is 32.5 Å². The number of para-hydroxylation sites is 1. The number of rotatable bonds is 4. The molecule has 0 spiro atoms. The van der Waals surface area contributed by atoms with Crippen LogP contribution in [0.25, 0.3) is 22.4 Å². The Kier molecular flexibility index (Phi) is 4.07. The topological polar surface area (TPSA) is 111 Å². The van der Waals surface area contributed by atoms with Crippen LogP contribution in [0.3, 0.4) is 0 Å². The molecule has 0 saturated carbocycles. The standard InChI is InChI=1S/C20H14N6O3S/c27-19-16-5-1-2-6-17(16)25-13-22-23-20(25)26(19)14-8-10-15(11-9-14)30(28,29)24-18-7-3-4-12-21-18/h1-13H,(H,21,24). The molecular formula is C20H14N6O3S. The van der Waals surface area contributed by atoms with Gasteiger partial charge in [-0.3, -0.25) is 13.9 Å². The molecule has 5 rings (SSSR count). The summed E-state index contributed by atoms with van der Waals surface area (Å²) in [6.45, 7) is 0. The normalized spacial score (nSPS) is 11.7. The fourth-order valence-electron chi connectivity index (χ4n) is 3.25. The minimum atomic E-state index is -3.82. The molecule has 0 saturated heterocycles. The Morgan fingerprint density at radius 2 is 1.67 bits per heavy atom. The Morgan fingerprint density at radius 1 is 0.900 bits per heavy atom.